The predicted molar refractivity (Wildman–Crippen MR) is 161 cm³/mol. The Morgan fingerprint density at radius 2 is 1.56 bits per heavy atom. The fourth-order valence-corrected chi connectivity index (χ4v) is 9.04. The summed E-state index contributed by atoms with van der Waals surface area (Å²) in [6.07, 6.45) is 17.1. The van der Waals surface area contributed by atoms with Gasteiger partial charge in [-0.1, -0.05) is 39.3 Å². The number of allylic oxidation sites excluding steroid dienone is 1. The van der Waals surface area contributed by atoms with Gasteiger partial charge in [0.1, 0.15) is 0 Å². The van der Waals surface area contributed by atoms with Gasteiger partial charge in [-0.3, -0.25) is 0 Å². The van der Waals surface area contributed by atoms with E-state index in [2.05, 4.69) is 50.4 Å². The lowest BCUT2D eigenvalue weighted by Crippen LogP contribution is -2.50. The Labute approximate surface area is 246 Å². The van der Waals surface area contributed by atoms with Crippen molar-refractivity contribution < 1.29 is 28.8 Å². The van der Waals surface area contributed by atoms with E-state index in [1.807, 2.05) is 6.08 Å². The average Bonchev–Trinajstić information content (AvgIpc) is 3.58. The van der Waals surface area contributed by atoms with Gasteiger partial charge in [-0.15, -0.1) is 23.5 Å². The first-order valence-electron chi connectivity index (χ1n) is 15.7. The van der Waals surface area contributed by atoms with Gasteiger partial charge in [0.05, 0.1) is 23.9 Å². The molecule has 1 saturated carbocycles. The molecule has 0 radical (unpaired) electrons. The van der Waals surface area contributed by atoms with Crippen molar-refractivity contribution in [2.75, 3.05) is 37.9 Å². The van der Waals surface area contributed by atoms with E-state index in [4.69, 9.17) is 23.7 Å². The summed E-state index contributed by atoms with van der Waals surface area (Å²) in [5.41, 5.74) is 0.109. The third-order valence-electron chi connectivity index (χ3n) is 8.47. The van der Waals surface area contributed by atoms with Crippen LogP contribution in [-0.4, -0.2) is 72.1 Å². The Bertz CT molecular complexity index is 690. The highest BCUT2D eigenvalue weighted by molar-refractivity contribution is 8.20. The van der Waals surface area contributed by atoms with Crippen LogP contribution in [0.4, 0.5) is 0 Å². The first-order valence-corrected chi connectivity index (χ1v) is 17.7. The summed E-state index contributed by atoms with van der Waals surface area (Å²) in [5, 5.41) is 10.1. The maximum absolute atomic E-state index is 10.1. The van der Waals surface area contributed by atoms with E-state index in [1.165, 1.54) is 43.6 Å². The first-order chi connectivity index (χ1) is 18.9. The summed E-state index contributed by atoms with van der Waals surface area (Å²) in [4.78, 5) is 0. The fraction of sp³-hybridized carbons (Fsp3) is 0.935. The van der Waals surface area contributed by atoms with E-state index in [9.17, 15) is 5.11 Å². The minimum Gasteiger partial charge on any atom is -0.389 e. The number of thioether (sulfide) groups is 2. The molecule has 39 heavy (non-hydrogen) atoms. The molecule has 4 saturated heterocycles. The molecule has 1 spiro atoms. The maximum Gasteiger partial charge on any atom is 0.171 e. The van der Waals surface area contributed by atoms with Crippen LogP contribution in [0, 0.1) is 17.3 Å². The molecule has 1 N–H and O–H groups in total. The van der Waals surface area contributed by atoms with Gasteiger partial charge in [-0.05, 0) is 70.1 Å². The van der Waals surface area contributed by atoms with Crippen LogP contribution in [0.15, 0.2) is 12.2 Å². The largest absolute Gasteiger partial charge is 0.389 e. The molecule has 0 bridgehead atoms. The molecule has 0 aromatic rings. The SMILES string of the molecule is C1CCC(OC2CCCCO2)OC1.CCCC(O)C=CC1CCC2(OCC(C)(C)CO2)C1CCC1SCCS1. The minimum absolute atomic E-state index is 0.00292. The summed E-state index contributed by atoms with van der Waals surface area (Å²) in [6.45, 7) is 9.81. The zero-order chi connectivity index (χ0) is 27.6. The Hall–Kier alpha value is 0.200. The molecule has 226 valence electrons. The lowest BCUT2D eigenvalue weighted by atomic mass is 9.86. The second-order valence-corrected chi connectivity index (χ2v) is 15.5. The predicted octanol–water partition coefficient (Wildman–Crippen LogP) is 7.14. The lowest BCUT2D eigenvalue weighted by molar-refractivity contribution is -0.316. The van der Waals surface area contributed by atoms with Gasteiger partial charge in [0.2, 0.25) is 0 Å². The zero-order valence-electron chi connectivity index (χ0n) is 24.7. The van der Waals surface area contributed by atoms with Crippen molar-refractivity contribution in [2.24, 2.45) is 17.3 Å². The minimum atomic E-state index is -0.395. The van der Waals surface area contributed by atoms with E-state index in [0.29, 0.717) is 11.8 Å². The number of ether oxygens (including phenoxy) is 5. The summed E-state index contributed by atoms with van der Waals surface area (Å²) in [6, 6.07) is 0. The molecule has 4 heterocycles. The smallest absolute Gasteiger partial charge is 0.171 e. The third-order valence-corrected chi connectivity index (χ3v) is 11.6. The highest BCUT2D eigenvalue weighted by Crippen LogP contribution is 2.51. The highest BCUT2D eigenvalue weighted by atomic mass is 32.2. The van der Waals surface area contributed by atoms with Gasteiger partial charge in [-0.25, -0.2) is 0 Å². The van der Waals surface area contributed by atoms with Gasteiger partial charge >= 0.3 is 0 Å². The average molecular weight is 587 g/mol. The standard InChI is InChI=1S/C21H36O3S2.C10H18O3/c1-4-5-17(22)7-6-16-10-11-21(23-14-20(2,3)15-24-21)18(16)8-9-19-25-12-13-26-19;1-3-7-11-9(5-1)13-10-6-2-4-8-12-10/h6-7,16-19,22H,4-5,8-15H2,1-3H3;9-10H,1-8H2. The van der Waals surface area contributed by atoms with Crippen molar-refractivity contribution in [1.29, 1.82) is 0 Å². The van der Waals surface area contributed by atoms with Gasteiger partial charge in [0, 0.05) is 42.5 Å². The number of hydrogen-bond acceptors (Lipinski definition) is 8. The number of rotatable bonds is 9. The summed E-state index contributed by atoms with van der Waals surface area (Å²) in [7, 11) is 0. The number of aliphatic hydroxyl groups is 1. The van der Waals surface area contributed by atoms with Crippen LogP contribution in [0.5, 0.6) is 0 Å². The Morgan fingerprint density at radius 1 is 0.923 bits per heavy atom. The molecule has 4 aliphatic heterocycles. The monoisotopic (exact) mass is 586 g/mol. The normalized spacial score (nSPS) is 33.7. The molecule has 5 fully saturated rings. The van der Waals surface area contributed by atoms with Crippen LogP contribution in [0.25, 0.3) is 0 Å². The van der Waals surface area contributed by atoms with Crippen molar-refractivity contribution in [3.05, 3.63) is 12.2 Å². The number of aliphatic hydroxyl groups excluding tert-OH is 1. The third kappa shape index (κ3) is 10.2. The van der Waals surface area contributed by atoms with E-state index in [0.717, 1.165) is 76.0 Å². The topological polar surface area (TPSA) is 66.4 Å². The molecule has 5 aliphatic rings. The lowest BCUT2D eigenvalue weighted by Gasteiger charge is -2.45. The van der Waals surface area contributed by atoms with E-state index < -0.39 is 5.79 Å². The van der Waals surface area contributed by atoms with Crippen LogP contribution < -0.4 is 0 Å². The van der Waals surface area contributed by atoms with Crippen molar-refractivity contribution in [3.8, 4) is 0 Å². The highest BCUT2D eigenvalue weighted by Gasteiger charge is 2.52. The molecule has 5 unspecified atom stereocenters. The van der Waals surface area contributed by atoms with Crippen LogP contribution in [-0.2, 0) is 23.7 Å². The second kappa shape index (κ2) is 16.2. The molecule has 1 aliphatic carbocycles. The summed E-state index contributed by atoms with van der Waals surface area (Å²) >= 11 is 4.22. The van der Waals surface area contributed by atoms with E-state index in [1.54, 1.807) is 0 Å². The van der Waals surface area contributed by atoms with Gasteiger partial charge in [-0.2, -0.15) is 0 Å². The molecule has 5 atom stereocenters. The quantitative estimate of drug-likeness (QED) is 0.286. The first kappa shape index (κ1) is 32.1. The fourth-order valence-electron chi connectivity index (χ4n) is 6.18. The van der Waals surface area contributed by atoms with Crippen molar-refractivity contribution in [3.63, 3.8) is 0 Å². The Balaban J connectivity index is 0.000000226. The Morgan fingerprint density at radius 3 is 2.13 bits per heavy atom. The second-order valence-electron chi connectivity index (χ2n) is 12.6. The maximum atomic E-state index is 10.1. The molecule has 5 rings (SSSR count). The van der Waals surface area contributed by atoms with Gasteiger partial charge < -0.3 is 28.8 Å². The Kier molecular flexibility index (Phi) is 13.3. The molecular weight excluding hydrogens is 532 g/mol. The zero-order valence-corrected chi connectivity index (χ0v) is 26.3. The molecule has 0 amide bonds. The molecular formula is C31H54O6S2. The van der Waals surface area contributed by atoms with Crippen LogP contribution in [0.1, 0.15) is 97.8 Å². The molecule has 6 nitrogen and oxygen atoms in total. The van der Waals surface area contributed by atoms with Crippen LogP contribution in [0.2, 0.25) is 0 Å². The van der Waals surface area contributed by atoms with Crippen LogP contribution in [0.3, 0.4) is 0 Å². The van der Waals surface area contributed by atoms with E-state index >= 15 is 0 Å². The number of hydrogen-bond donors (Lipinski definition) is 1. The van der Waals surface area contributed by atoms with E-state index in [-0.39, 0.29) is 24.1 Å². The molecule has 8 heteroatoms. The van der Waals surface area contributed by atoms with Crippen LogP contribution >= 0.6 is 23.5 Å². The molecule has 0 aromatic carbocycles. The van der Waals surface area contributed by atoms with Gasteiger partial charge in [0.15, 0.2) is 18.4 Å². The summed E-state index contributed by atoms with van der Waals surface area (Å²) < 4.78 is 30.2. The van der Waals surface area contributed by atoms with Gasteiger partial charge in [0.25, 0.3) is 0 Å². The van der Waals surface area contributed by atoms with Crippen molar-refractivity contribution >= 4 is 23.5 Å². The molecule has 0 aromatic heterocycles. The van der Waals surface area contributed by atoms with Crippen molar-refractivity contribution in [2.45, 2.75) is 127 Å². The summed E-state index contributed by atoms with van der Waals surface area (Å²) in [5.74, 6) is 3.05. The van der Waals surface area contributed by atoms with Crippen molar-refractivity contribution in [1.82, 2.24) is 0 Å².